The summed E-state index contributed by atoms with van der Waals surface area (Å²) in [5, 5.41) is 3.17. The lowest BCUT2D eigenvalue weighted by Crippen LogP contribution is -2.31. The van der Waals surface area contributed by atoms with Gasteiger partial charge in [0.2, 0.25) is 0 Å². The predicted molar refractivity (Wildman–Crippen MR) is 71.2 cm³/mol. The number of benzene rings is 1. The average molecular weight is 286 g/mol. The van der Waals surface area contributed by atoms with Gasteiger partial charge in [0.25, 0.3) is 5.91 Å². The van der Waals surface area contributed by atoms with Gasteiger partial charge >= 0.3 is 5.97 Å². The molecule has 104 valence electrons. The van der Waals surface area contributed by atoms with Crippen LogP contribution in [0.2, 0.25) is 5.02 Å². The Bertz CT molecular complexity index is 419. The highest BCUT2D eigenvalue weighted by Crippen LogP contribution is 2.15. The molecule has 6 heteroatoms. The Morgan fingerprint density at radius 2 is 1.95 bits per heavy atom. The Balaban J connectivity index is 2.17. The van der Waals surface area contributed by atoms with Gasteiger partial charge in [-0.3, -0.25) is 9.59 Å². The largest absolute Gasteiger partial charge is 0.484 e. The van der Waals surface area contributed by atoms with Crippen LogP contribution in [-0.2, 0) is 14.3 Å². The molecule has 5 nitrogen and oxygen atoms in total. The monoisotopic (exact) mass is 285 g/mol. The van der Waals surface area contributed by atoms with E-state index >= 15 is 0 Å². The summed E-state index contributed by atoms with van der Waals surface area (Å²) in [4.78, 5) is 22.4. The highest BCUT2D eigenvalue weighted by molar-refractivity contribution is 6.30. The van der Waals surface area contributed by atoms with Crippen molar-refractivity contribution in [1.82, 2.24) is 5.32 Å². The van der Waals surface area contributed by atoms with Crippen LogP contribution in [0.15, 0.2) is 24.3 Å². The van der Waals surface area contributed by atoms with Crippen molar-refractivity contribution in [3.63, 3.8) is 0 Å². The maximum absolute atomic E-state index is 11.4. The number of rotatable bonds is 7. The van der Waals surface area contributed by atoms with E-state index in [1.54, 1.807) is 31.2 Å². The Kier molecular flexibility index (Phi) is 6.74. The third-order valence-electron chi connectivity index (χ3n) is 2.14. The molecular formula is C13H16ClNO4. The smallest absolute Gasteiger partial charge is 0.307 e. The van der Waals surface area contributed by atoms with Gasteiger partial charge in [-0.15, -0.1) is 0 Å². The number of hydrogen-bond acceptors (Lipinski definition) is 4. The molecule has 1 amide bonds. The maximum atomic E-state index is 11.4. The van der Waals surface area contributed by atoms with Crippen LogP contribution in [0, 0.1) is 0 Å². The van der Waals surface area contributed by atoms with E-state index in [1.165, 1.54) is 0 Å². The van der Waals surface area contributed by atoms with Gasteiger partial charge in [0, 0.05) is 11.6 Å². The molecule has 1 N–H and O–H groups in total. The molecule has 1 aromatic rings. The zero-order chi connectivity index (χ0) is 14.1. The molecule has 0 bridgehead atoms. The molecule has 0 saturated carbocycles. The van der Waals surface area contributed by atoms with Crippen LogP contribution in [0.4, 0.5) is 0 Å². The summed E-state index contributed by atoms with van der Waals surface area (Å²) in [5.41, 5.74) is 0. The summed E-state index contributed by atoms with van der Waals surface area (Å²) < 4.78 is 9.97. The van der Waals surface area contributed by atoms with E-state index in [0.29, 0.717) is 17.4 Å². The first-order valence-corrected chi connectivity index (χ1v) is 6.30. The van der Waals surface area contributed by atoms with Crippen molar-refractivity contribution >= 4 is 23.5 Å². The molecular weight excluding hydrogens is 270 g/mol. The van der Waals surface area contributed by atoms with Gasteiger partial charge in [0.15, 0.2) is 6.61 Å². The summed E-state index contributed by atoms with van der Waals surface area (Å²) in [5.74, 6) is -0.0642. The van der Waals surface area contributed by atoms with Crippen LogP contribution >= 0.6 is 11.6 Å². The van der Waals surface area contributed by atoms with Crippen molar-refractivity contribution in [1.29, 1.82) is 0 Å². The Hall–Kier alpha value is -1.75. The maximum Gasteiger partial charge on any atom is 0.307 e. The molecule has 0 fully saturated rings. The molecule has 0 aromatic heterocycles. The first kappa shape index (κ1) is 15.3. The number of carbonyl (C=O) groups excluding carboxylic acids is 2. The van der Waals surface area contributed by atoms with E-state index in [1.807, 2.05) is 0 Å². The van der Waals surface area contributed by atoms with E-state index in [-0.39, 0.29) is 31.4 Å². The van der Waals surface area contributed by atoms with Gasteiger partial charge in [0.1, 0.15) is 5.75 Å². The zero-order valence-corrected chi connectivity index (χ0v) is 11.4. The third-order valence-corrected chi connectivity index (χ3v) is 2.39. The predicted octanol–water partition coefficient (Wildman–Crippen LogP) is 1.79. The quantitative estimate of drug-likeness (QED) is 0.776. The lowest BCUT2D eigenvalue weighted by atomic mass is 10.3. The topological polar surface area (TPSA) is 64.6 Å². The van der Waals surface area contributed by atoms with Crippen molar-refractivity contribution in [3.8, 4) is 5.75 Å². The van der Waals surface area contributed by atoms with Crippen molar-refractivity contribution in [2.45, 2.75) is 13.3 Å². The SMILES string of the molecule is CCOC(=O)CCNC(=O)COc1ccc(Cl)cc1. The summed E-state index contributed by atoms with van der Waals surface area (Å²) in [6.45, 7) is 2.20. The molecule has 0 atom stereocenters. The molecule has 0 saturated heterocycles. The second-order valence-corrected chi connectivity index (χ2v) is 4.08. The molecule has 0 spiro atoms. The fourth-order valence-corrected chi connectivity index (χ4v) is 1.39. The normalized spacial score (nSPS) is 9.79. The molecule has 0 unspecified atom stereocenters. The fourth-order valence-electron chi connectivity index (χ4n) is 1.27. The Labute approximate surface area is 116 Å². The standard InChI is InChI=1S/C13H16ClNO4/c1-2-18-13(17)7-8-15-12(16)9-19-11-5-3-10(14)4-6-11/h3-6H,2,7-9H2,1H3,(H,15,16). The zero-order valence-electron chi connectivity index (χ0n) is 10.6. The van der Waals surface area contributed by atoms with Gasteiger partial charge in [0.05, 0.1) is 13.0 Å². The van der Waals surface area contributed by atoms with Crippen molar-refractivity contribution < 1.29 is 19.1 Å². The van der Waals surface area contributed by atoms with Crippen molar-refractivity contribution in [2.24, 2.45) is 0 Å². The number of hydrogen-bond donors (Lipinski definition) is 1. The second kappa shape index (κ2) is 8.37. The molecule has 0 aliphatic rings. The lowest BCUT2D eigenvalue weighted by molar-refractivity contribution is -0.143. The van der Waals surface area contributed by atoms with E-state index in [0.717, 1.165) is 0 Å². The van der Waals surface area contributed by atoms with E-state index in [9.17, 15) is 9.59 Å². The molecule has 0 heterocycles. The summed E-state index contributed by atoms with van der Waals surface area (Å²) in [6, 6.07) is 6.70. The highest BCUT2D eigenvalue weighted by atomic mass is 35.5. The summed E-state index contributed by atoms with van der Waals surface area (Å²) >= 11 is 5.72. The minimum absolute atomic E-state index is 0.107. The molecule has 19 heavy (non-hydrogen) atoms. The Morgan fingerprint density at radius 3 is 2.58 bits per heavy atom. The molecule has 1 rings (SSSR count). The van der Waals surface area contributed by atoms with Crippen LogP contribution < -0.4 is 10.1 Å². The summed E-state index contributed by atoms with van der Waals surface area (Å²) in [6.07, 6.45) is 0.153. The average Bonchev–Trinajstić information content (AvgIpc) is 2.38. The molecule has 0 radical (unpaired) electrons. The third kappa shape index (κ3) is 6.67. The molecule has 0 aliphatic heterocycles. The van der Waals surface area contributed by atoms with Gasteiger partial charge in [-0.1, -0.05) is 11.6 Å². The minimum Gasteiger partial charge on any atom is -0.484 e. The number of esters is 1. The first-order valence-electron chi connectivity index (χ1n) is 5.92. The molecule has 0 aliphatic carbocycles. The van der Waals surface area contributed by atoms with E-state index in [4.69, 9.17) is 21.1 Å². The van der Waals surface area contributed by atoms with Crippen LogP contribution in [0.5, 0.6) is 5.75 Å². The number of halogens is 1. The van der Waals surface area contributed by atoms with Gasteiger partial charge in [-0.05, 0) is 31.2 Å². The first-order chi connectivity index (χ1) is 9.11. The van der Waals surface area contributed by atoms with Crippen molar-refractivity contribution in [3.05, 3.63) is 29.3 Å². The van der Waals surface area contributed by atoms with Gasteiger partial charge < -0.3 is 14.8 Å². The van der Waals surface area contributed by atoms with Gasteiger partial charge in [-0.25, -0.2) is 0 Å². The van der Waals surface area contributed by atoms with Crippen LogP contribution in [0.1, 0.15) is 13.3 Å². The number of amides is 1. The minimum atomic E-state index is -0.332. The van der Waals surface area contributed by atoms with Gasteiger partial charge in [-0.2, -0.15) is 0 Å². The van der Waals surface area contributed by atoms with Crippen LogP contribution in [0.3, 0.4) is 0 Å². The lowest BCUT2D eigenvalue weighted by Gasteiger charge is -2.07. The Morgan fingerprint density at radius 1 is 1.26 bits per heavy atom. The number of carbonyl (C=O) groups is 2. The highest BCUT2D eigenvalue weighted by Gasteiger charge is 2.05. The summed E-state index contributed by atoms with van der Waals surface area (Å²) in [7, 11) is 0. The number of nitrogens with one attached hydrogen (secondary N) is 1. The van der Waals surface area contributed by atoms with Crippen LogP contribution in [0.25, 0.3) is 0 Å². The second-order valence-electron chi connectivity index (χ2n) is 3.65. The van der Waals surface area contributed by atoms with E-state index < -0.39 is 0 Å². The van der Waals surface area contributed by atoms with Crippen molar-refractivity contribution in [2.75, 3.05) is 19.8 Å². The van der Waals surface area contributed by atoms with E-state index in [2.05, 4.69) is 5.32 Å². The molecule has 1 aromatic carbocycles. The van der Waals surface area contributed by atoms with Crippen LogP contribution in [-0.4, -0.2) is 31.6 Å². The number of ether oxygens (including phenoxy) is 2. The fraction of sp³-hybridized carbons (Fsp3) is 0.385.